The summed E-state index contributed by atoms with van der Waals surface area (Å²) >= 11 is 5.93. The summed E-state index contributed by atoms with van der Waals surface area (Å²) in [4.78, 5) is 44.9. The molecule has 35 heavy (non-hydrogen) atoms. The Labute approximate surface area is 207 Å². The number of nitrogens with one attached hydrogen (secondary N) is 1. The van der Waals surface area contributed by atoms with Crippen LogP contribution in [0, 0.1) is 17.2 Å². The van der Waals surface area contributed by atoms with Crippen LogP contribution >= 0.6 is 11.6 Å². The van der Waals surface area contributed by atoms with Crippen molar-refractivity contribution in [3.05, 3.63) is 59.6 Å². The molecule has 180 valence electrons. The molecule has 0 spiro atoms. The van der Waals surface area contributed by atoms with Crippen LogP contribution in [-0.4, -0.2) is 65.6 Å². The lowest BCUT2D eigenvalue weighted by Crippen LogP contribution is -2.45. The Bertz CT molecular complexity index is 1190. The molecule has 1 aliphatic heterocycles. The van der Waals surface area contributed by atoms with E-state index in [0.717, 1.165) is 4.90 Å². The number of carbonyl (C=O) groups is 3. The molecular formula is C24H24ClN7O3. The van der Waals surface area contributed by atoms with Crippen molar-refractivity contribution >= 4 is 52.6 Å². The summed E-state index contributed by atoms with van der Waals surface area (Å²) in [6.45, 7) is -0.250. The van der Waals surface area contributed by atoms with Gasteiger partial charge < -0.3 is 21.0 Å². The number of hydrogen-bond donors (Lipinski definition) is 2. The number of nitrogens with two attached hydrogens (primary N) is 1. The second-order valence-electron chi connectivity index (χ2n) is 7.89. The van der Waals surface area contributed by atoms with Crippen molar-refractivity contribution in [1.29, 1.82) is 5.26 Å². The Hall–Kier alpha value is -4.23. The number of anilines is 1. The molecule has 11 heteroatoms. The van der Waals surface area contributed by atoms with Gasteiger partial charge in [-0.2, -0.15) is 10.4 Å². The van der Waals surface area contributed by atoms with E-state index in [4.69, 9.17) is 17.4 Å². The number of halogens is 1. The zero-order valence-electron chi connectivity index (χ0n) is 19.0. The molecule has 2 unspecified atom stereocenters. The van der Waals surface area contributed by atoms with Gasteiger partial charge in [-0.15, -0.1) is 0 Å². The van der Waals surface area contributed by atoms with Crippen LogP contribution in [-0.2, 0) is 14.4 Å². The highest BCUT2D eigenvalue weighted by molar-refractivity contribution is 6.60. The van der Waals surface area contributed by atoms with E-state index in [1.165, 1.54) is 18.2 Å². The van der Waals surface area contributed by atoms with Crippen LogP contribution < -0.4 is 11.2 Å². The molecule has 0 saturated carbocycles. The normalized spacial score (nSPS) is 17.7. The molecule has 1 saturated heterocycles. The average molecular weight is 494 g/mol. The number of amides is 3. The number of aliphatic imine (C=N–C) groups is 1. The summed E-state index contributed by atoms with van der Waals surface area (Å²) in [5.74, 6) is 3.45. The van der Waals surface area contributed by atoms with Crippen molar-refractivity contribution < 1.29 is 14.4 Å². The molecule has 2 aromatic rings. The summed E-state index contributed by atoms with van der Waals surface area (Å²) in [5.41, 5.74) is 0.965. The molecule has 3 N–H and O–H groups in total. The van der Waals surface area contributed by atoms with E-state index < -0.39 is 23.8 Å². The van der Waals surface area contributed by atoms with Gasteiger partial charge in [-0.25, -0.2) is 0 Å². The minimum atomic E-state index is -0.774. The summed E-state index contributed by atoms with van der Waals surface area (Å²) in [6.07, 6.45) is 1.40. The molecule has 10 nitrogen and oxygen atoms in total. The highest BCUT2D eigenvalue weighted by Gasteiger charge is 2.39. The van der Waals surface area contributed by atoms with Gasteiger partial charge in [0.25, 0.3) is 5.91 Å². The van der Waals surface area contributed by atoms with E-state index in [2.05, 4.69) is 21.5 Å². The lowest BCUT2D eigenvalue weighted by Gasteiger charge is -2.23. The first-order valence-electron chi connectivity index (χ1n) is 10.7. The Morgan fingerprint density at radius 1 is 1.26 bits per heavy atom. The number of carbonyl (C=O) groups excluding carboxylic acids is 3. The summed E-state index contributed by atoms with van der Waals surface area (Å²) in [6, 6.07) is 16.9. The molecule has 1 heterocycles. The Kier molecular flexibility index (Phi) is 8.53. The second kappa shape index (κ2) is 11.8. The van der Waals surface area contributed by atoms with Gasteiger partial charge in [0.05, 0.1) is 30.4 Å². The van der Waals surface area contributed by atoms with E-state index in [1.54, 1.807) is 48.5 Å². The average Bonchev–Trinajstić information content (AvgIpc) is 3.30. The molecule has 0 radical (unpaired) electrons. The first-order valence-corrected chi connectivity index (χ1v) is 11.1. The number of hydrogen-bond acceptors (Lipinski definition) is 7. The predicted molar refractivity (Wildman–Crippen MR) is 133 cm³/mol. The topological polar surface area (TPSA) is 144 Å². The maximum atomic E-state index is 12.9. The van der Waals surface area contributed by atoms with E-state index in [1.807, 2.05) is 6.07 Å². The fourth-order valence-corrected chi connectivity index (χ4v) is 3.77. The molecule has 3 rings (SSSR count). The molecule has 2 aromatic carbocycles. The Balaban J connectivity index is 1.61. The number of nitrogens with zero attached hydrogens (tertiary/aromatic N) is 5. The lowest BCUT2D eigenvalue weighted by atomic mass is 10.1. The third-order valence-corrected chi connectivity index (χ3v) is 5.64. The zero-order chi connectivity index (χ0) is 25.4. The van der Waals surface area contributed by atoms with Gasteiger partial charge in [0.1, 0.15) is 6.04 Å². The third kappa shape index (κ3) is 6.65. The van der Waals surface area contributed by atoms with Crippen LogP contribution in [0.5, 0.6) is 0 Å². The fourth-order valence-electron chi connectivity index (χ4n) is 3.59. The van der Waals surface area contributed by atoms with Crippen molar-refractivity contribution in [3.8, 4) is 6.07 Å². The quantitative estimate of drug-likeness (QED) is 0.345. The minimum absolute atomic E-state index is 0.0752. The summed E-state index contributed by atoms with van der Waals surface area (Å²) in [7, 11) is 1.41. The number of para-hydroxylation sites is 1. The second-order valence-corrected chi connectivity index (χ2v) is 8.33. The molecule has 0 aromatic heterocycles. The van der Waals surface area contributed by atoms with Crippen molar-refractivity contribution in [2.24, 2.45) is 21.9 Å². The number of likely N-dealkylation sites (N-methyl/N-ethyl adjacent to an activating group) is 1. The molecule has 3 amide bonds. The molecule has 1 fully saturated rings. The van der Waals surface area contributed by atoms with Crippen LogP contribution in [0.15, 0.2) is 64.7 Å². The number of hydrazone groups is 1. The van der Waals surface area contributed by atoms with Gasteiger partial charge in [0.15, 0.2) is 5.71 Å². The van der Waals surface area contributed by atoms with Crippen LogP contribution in [0.4, 0.5) is 11.4 Å². The fraction of sp³-hybridized carbons (Fsp3) is 0.250. The molecular weight excluding hydrogens is 470 g/mol. The smallest absolute Gasteiger partial charge is 0.276 e. The SMILES string of the molecule is CN(CC(=O)N1CC(C(=O)Nc2ccccc2)CC1C#N)C(=O)C(C=Nc1cccc(Cl)c1)=NN. The Morgan fingerprint density at radius 3 is 2.66 bits per heavy atom. The van der Waals surface area contributed by atoms with Crippen LogP contribution in [0.3, 0.4) is 0 Å². The van der Waals surface area contributed by atoms with Crippen molar-refractivity contribution in [3.63, 3.8) is 0 Å². The third-order valence-electron chi connectivity index (χ3n) is 5.40. The summed E-state index contributed by atoms with van der Waals surface area (Å²) in [5, 5.41) is 16.3. The van der Waals surface area contributed by atoms with Crippen LogP contribution in [0.2, 0.25) is 5.02 Å². The van der Waals surface area contributed by atoms with Gasteiger partial charge in [-0.3, -0.25) is 19.4 Å². The predicted octanol–water partition coefficient (Wildman–Crippen LogP) is 2.19. The van der Waals surface area contributed by atoms with Gasteiger partial charge in [0, 0.05) is 24.3 Å². The molecule has 1 aliphatic rings. The molecule has 0 bridgehead atoms. The van der Waals surface area contributed by atoms with Gasteiger partial charge in [0.2, 0.25) is 11.8 Å². The van der Waals surface area contributed by atoms with Crippen molar-refractivity contribution in [2.75, 3.05) is 25.5 Å². The monoisotopic (exact) mass is 493 g/mol. The largest absolute Gasteiger partial charge is 0.331 e. The van der Waals surface area contributed by atoms with E-state index in [0.29, 0.717) is 16.4 Å². The van der Waals surface area contributed by atoms with E-state index in [9.17, 15) is 19.6 Å². The first-order chi connectivity index (χ1) is 16.8. The molecule has 2 atom stereocenters. The minimum Gasteiger partial charge on any atom is -0.331 e. The number of rotatable bonds is 7. The Morgan fingerprint density at radius 2 is 2.00 bits per heavy atom. The lowest BCUT2D eigenvalue weighted by molar-refractivity contribution is -0.136. The maximum Gasteiger partial charge on any atom is 0.276 e. The molecule has 0 aliphatic carbocycles. The van der Waals surface area contributed by atoms with Crippen molar-refractivity contribution in [1.82, 2.24) is 9.80 Å². The number of likely N-dealkylation sites (tertiary alicyclic amines) is 1. The van der Waals surface area contributed by atoms with E-state index in [-0.39, 0.29) is 31.1 Å². The number of nitriles is 1. The highest BCUT2D eigenvalue weighted by Crippen LogP contribution is 2.25. The number of benzene rings is 2. The van der Waals surface area contributed by atoms with Gasteiger partial charge >= 0.3 is 0 Å². The van der Waals surface area contributed by atoms with Crippen LogP contribution in [0.25, 0.3) is 0 Å². The summed E-state index contributed by atoms with van der Waals surface area (Å²) < 4.78 is 0. The van der Waals surface area contributed by atoms with Crippen molar-refractivity contribution in [2.45, 2.75) is 12.5 Å². The van der Waals surface area contributed by atoms with Gasteiger partial charge in [-0.1, -0.05) is 35.9 Å². The highest BCUT2D eigenvalue weighted by atomic mass is 35.5. The first kappa shape index (κ1) is 25.4. The standard InChI is InChI=1S/C24H24ClN7O3/c1-31(24(35)21(30-27)13-28-19-9-5-6-17(25)11-19)15-22(33)32-14-16(10-20(32)12-26)23(34)29-18-7-3-2-4-8-18/h2-9,11,13,16,20H,10,14-15,27H2,1H3,(H,29,34). The maximum absolute atomic E-state index is 12.9. The van der Waals surface area contributed by atoms with Gasteiger partial charge in [-0.05, 0) is 36.8 Å². The van der Waals surface area contributed by atoms with E-state index >= 15 is 0 Å². The zero-order valence-corrected chi connectivity index (χ0v) is 19.7. The van der Waals surface area contributed by atoms with Crippen LogP contribution in [0.1, 0.15) is 6.42 Å².